The van der Waals surface area contributed by atoms with Gasteiger partial charge in [-0.25, -0.2) is 4.79 Å². The number of hydrogen-bond acceptors (Lipinski definition) is 4. The van der Waals surface area contributed by atoms with Crippen LogP contribution < -0.4 is 4.72 Å². The van der Waals surface area contributed by atoms with Crippen LogP contribution in [0.4, 0.5) is 0 Å². The number of nitrogens with one attached hydrogen (secondary N) is 1. The molecule has 3 N–H and O–H groups in total. The summed E-state index contributed by atoms with van der Waals surface area (Å²) in [5, 5.41) is 17.5. The highest BCUT2D eigenvalue weighted by molar-refractivity contribution is 7.87. The van der Waals surface area contributed by atoms with Crippen LogP contribution in [0.15, 0.2) is 30.3 Å². The van der Waals surface area contributed by atoms with Gasteiger partial charge in [0.1, 0.15) is 0 Å². The first-order valence-corrected chi connectivity index (χ1v) is 6.92. The summed E-state index contributed by atoms with van der Waals surface area (Å²) in [6.45, 7) is -0.420. The molecule has 0 radical (unpaired) electrons. The van der Waals surface area contributed by atoms with Crippen LogP contribution in [0.5, 0.6) is 0 Å². The number of carboxylic acids is 1. The molecule has 7 nitrogen and oxygen atoms in total. The van der Waals surface area contributed by atoms with Crippen LogP contribution >= 0.6 is 0 Å². The third kappa shape index (κ3) is 4.95. The Labute approximate surface area is 111 Å². The van der Waals surface area contributed by atoms with Gasteiger partial charge in [-0.05, 0) is 5.56 Å². The molecule has 0 spiro atoms. The molecule has 0 fully saturated rings. The van der Waals surface area contributed by atoms with Gasteiger partial charge in [0.25, 0.3) is 10.2 Å². The van der Waals surface area contributed by atoms with E-state index in [0.717, 1.165) is 9.87 Å². The van der Waals surface area contributed by atoms with E-state index in [4.69, 9.17) is 10.2 Å². The minimum Gasteiger partial charge on any atom is -0.479 e. The molecule has 1 rings (SSSR count). The van der Waals surface area contributed by atoms with Crippen LogP contribution in [0, 0.1) is 0 Å². The van der Waals surface area contributed by atoms with Crippen LogP contribution in [-0.2, 0) is 21.5 Å². The summed E-state index contributed by atoms with van der Waals surface area (Å²) in [5.74, 6) is -1.48. The van der Waals surface area contributed by atoms with Crippen molar-refractivity contribution in [1.29, 1.82) is 0 Å². The quantitative estimate of drug-likeness (QED) is 0.621. The summed E-state index contributed by atoms with van der Waals surface area (Å²) in [4.78, 5) is 10.4. The zero-order chi connectivity index (χ0) is 14.5. The van der Waals surface area contributed by atoms with E-state index in [0.29, 0.717) is 0 Å². The number of carbonyl (C=O) groups is 1. The van der Waals surface area contributed by atoms with Crippen LogP contribution in [0.25, 0.3) is 0 Å². The van der Waals surface area contributed by atoms with Crippen LogP contribution in [-0.4, -0.2) is 48.6 Å². The molecule has 1 aromatic carbocycles. The molecule has 0 saturated heterocycles. The Bertz CT molecular complexity index is 517. The van der Waals surface area contributed by atoms with E-state index in [1.165, 1.54) is 7.05 Å². The fraction of sp³-hybridized carbons (Fsp3) is 0.364. The van der Waals surface area contributed by atoms with Crippen LogP contribution in [0.3, 0.4) is 0 Å². The number of aliphatic carboxylic acids is 1. The lowest BCUT2D eigenvalue weighted by molar-refractivity contribution is -0.146. The molecule has 1 aromatic rings. The number of aliphatic hydroxyl groups is 1. The molecule has 0 amide bonds. The summed E-state index contributed by atoms with van der Waals surface area (Å²) in [6.07, 6.45) is -1.76. The Morgan fingerprint density at radius 1 is 1.37 bits per heavy atom. The molecule has 8 heteroatoms. The number of aliphatic hydroxyl groups excluding tert-OH is 1. The second-order valence-corrected chi connectivity index (χ2v) is 5.81. The minimum absolute atomic E-state index is 0.152. The standard InChI is InChI=1S/C11H16N2O5S/c1-13(8-9-5-3-2-4-6-9)19(17,18)12-7-10(14)11(15)16/h2-6,10,12,14H,7-8H2,1H3,(H,15,16). The molecule has 0 bridgehead atoms. The largest absolute Gasteiger partial charge is 0.479 e. The van der Waals surface area contributed by atoms with Gasteiger partial charge in [0.2, 0.25) is 0 Å². The van der Waals surface area contributed by atoms with Crippen molar-refractivity contribution in [2.75, 3.05) is 13.6 Å². The average molecular weight is 288 g/mol. The molecule has 19 heavy (non-hydrogen) atoms. The zero-order valence-electron chi connectivity index (χ0n) is 10.4. The maximum Gasteiger partial charge on any atom is 0.333 e. The smallest absolute Gasteiger partial charge is 0.333 e. The lowest BCUT2D eigenvalue weighted by Gasteiger charge is -2.18. The van der Waals surface area contributed by atoms with Crippen molar-refractivity contribution in [3.05, 3.63) is 35.9 Å². The summed E-state index contributed by atoms with van der Waals surface area (Å²) < 4.78 is 26.6. The minimum atomic E-state index is -3.83. The molecular weight excluding hydrogens is 272 g/mol. The van der Waals surface area contributed by atoms with Crippen molar-refractivity contribution < 1.29 is 23.4 Å². The van der Waals surface area contributed by atoms with E-state index in [1.54, 1.807) is 24.3 Å². The van der Waals surface area contributed by atoms with Crippen molar-refractivity contribution in [2.24, 2.45) is 0 Å². The number of nitrogens with zero attached hydrogens (tertiary/aromatic N) is 1. The molecule has 0 aliphatic carbocycles. The molecule has 0 aromatic heterocycles. The van der Waals surface area contributed by atoms with Crippen molar-refractivity contribution in [1.82, 2.24) is 9.03 Å². The Hall–Kier alpha value is -1.48. The normalized spacial score (nSPS) is 13.4. The van der Waals surface area contributed by atoms with Gasteiger partial charge in [0.15, 0.2) is 6.10 Å². The molecule has 1 atom stereocenters. The molecule has 1 unspecified atom stereocenters. The number of benzene rings is 1. The average Bonchev–Trinajstić information content (AvgIpc) is 2.37. The topological polar surface area (TPSA) is 107 Å². The lowest BCUT2D eigenvalue weighted by Crippen LogP contribution is -2.43. The fourth-order valence-corrected chi connectivity index (χ4v) is 2.22. The Morgan fingerprint density at radius 3 is 2.47 bits per heavy atom. The SMILES string of the molecule is CN(Cc1ccccc1)S(=O)(=O)NCC(O)C(=O)O. The first-order chi connectivity index (χ1) is 8.83. The van der Waals surface area contributed by atoms with E-state index in [1.807, 2.05) is 10.8 Å². The molecular formula is C11H16N2O5S. The van der Waals surface area contributed by atoms with Crippen molar-refractivity contribution in [3.8, 4) is 0 Å². The van der Waals surface area contributed by atoms with Crippen molar-refractivity contribution in [2.45, 2.75) is 12.6 Å². The second-order valence-electron chi connectivity index (χ2n) is 3.95. The molecule has 0 heterocycles. The van der Waals surface area contributed by atoms with Crippen LogP contribution in [0.2, 0.25) is 0 Å². The summed E-state index contributed by atoms with van der Waals surface area (Å²) in [6, 6.07) is 8.95. The van der Waals surface area contributed by atoms with Gasteiger partial charge in [-0.15, -0.1) is 0 Å². The molecule has 0 saturated carbocycles. The highest BCUT2D eigenvalue weighted by Crippen LogP contribution is 2.05. The predicted molar refractivity (Wildman–Crippen MR) is 68.5 cm³/mol. The highest BCUT2D eigenvalue weighted by Gasteiger charge is 2.21. The molecule has 0 aliphatic rings. The predicted octanol–water partition coefficient (Wildman–Crippen LogP) is -0.602. The summed E-state index contributed by atoms with van der Waals surface area (Å²) >= 11 is 0. The van der Waals surface area contributed by atoms with E-state index in [2.05, 4.69) is 0 Å². The number of rotatable bonds is 7. The van der Waals surface area contributed by atoms with Crippen LogP contribution in [0.1, 0.15) is 5.56 Å². The summed E-state index contributed by atoms with van der Waals surface area (Å²) in [7, 11) is -2.46. The number of hydrogen-bond donors (Lipinski definition) is 3. The third-order valence-corrected chi connectivity index (χ3v) is 3.88. The first kappa shape index (κ1) is 15.6. The second kappa shape index (κ2) is 6.62. The maximum absolute atomic E-state index is 11.8. The lowest BCUT2D eigenvalue weighted by atomic mass is 10.2. The van der Waals surface area contributed by atoms with Gasteiger partial charge in [0, 0.05) is 20.1 Å². The monoisotopic (exact) mass is 288 g/mol. The molecule has 0 aliphatic heterocycles. The third-order valence-electron chi connectivity index (χ3n) is 2.40. The van der Waals surface area contributed by atoms with Crippen molar-refractivity contribution >= 4 is 16.2 Å². The van der Waals surface area contributed by atoms with Gasteiger partial charge < -0.3 is 10.2 Å². The Balaban J connectivity index is 2.59. The van der Waals surface area contributed by atoms with E-state index < -0.39 is 28.8 Å². The van der Waals surface area contributed by atoms with Gasteiger partial charge in [-0.1, -0.05) is 30.3 Å². The highest BCUT2D eigenvalue weighted by atomic mass is 32.2. The van der Waals surface area contributed by atoms with Crippen molar-refractivity contribution in [3.63, 3.8) is 0 Å². The number of carboxylic acid groups (broad SMARTS) is 1. The Kier molecular flexibility index (Phi) is 5.43. The van der Waals surface area contributed by atoms with Gasteiger partial charge in [-0.2, -0.15) is 17.4 Å². The van der Waals surface area contributed by atoms with E-state index in [-0.39, 0.29) is 6.54 Å². The Morgan fingerprint density at radius 2 is 1.95 bits per heavy atom. The fourth-order valence-electron chi connectivity index (χ4n) is 1.31. The summed E-state index contributed by atoms with van der Waals surface area (Å²) in [5.41, 5.74) is 0.800. The first-order valence-electron chi connectivity index (χ1n) is 5.48. The zero-order valence-corrected chi connectivity index (χ0v) is 11.2. The van der Waals surface area contributed by atoms with Gasteiger partial charge >= 0.3 is 5.97 Å². The van der Waals surface area contributed by atoms with E-state index >= 15 is 0 Å². The molecule has 106 valence electrons. The van der Waals surface area contributed by atoms with Gasteiger partial charge in [-0.3, -0.25) is 0 Å². The van der Waals surface area contributed by atoms with Gasteiger partial charge in [0.05, 0.1) is 0 Å². The van der Waals surface area contributed by atoms with E-state index in [9.17, 15) is 13.2 Å². The maximum atomic E-state index is 11.8.